The molecule has 0 spiro atoms. The smallest absolute Gasteiger partial charge is 0.259 e. The van der Waals surface area contributed by atoms with Crippen molar-refractivity contribution in [2.45, 2.75) is 38.5 Å². The van der Waals surface area contributed by atoms with Crippen LogP contribution < -0.4 is 49.8 Å². The quantitative estimate of drug-likeness (QED) is 0.132. The van der Waals surface area contributed by atoms with Gasteiger partial charge >= 0.3 is 0 Å². The molecule has 3 aromatic rings. The van der Waals surface area contributed by atoms with Gasteiger partial charge in [0.2, 0.25) is 17.8 Å². The molecule has 0 bridgehead atoms. The van der Waals surface area contributed by atoms with E-state index in [1.165, 1.54) is 31.0 Å². The zero-order valence-corrected chi connectivity index (χ0v) is 25.5. The number of carbonyl (C=O) groups is 1. The highest BCUT2D eigenvalue weighted by atomic mass is 35.5. The van der Waals surface area contributed by atoms with E-state index in [2.05, 4.69) is 20.4 Å². The Bertz CT molecular complexity index is 1290. The number of amides is 1. The highest BCUT2D eigenvalue weighted by molar-refractivity contribution is 6.08. The monoisotopic (exact) mass is 631 g/mol. The molecule has 1 aromatic heterocycles. The fourth-order valence-electron chi connectivity index (χ4n) is 4.77. The summed E-state index contributed by atoms with van der Waals surface area (Å²) in [6.07, 6.45) is 6.80. The molecule has 2 fully saturated rings. The second kappa shape index (κ2) is 17.7. The molecule has 2 aliphatic heterocycles. The molecule has 1 amide bonds. The molecule has 16 N–H and O–H groups in total. The van der Waals surface area contributed by atoms with Crippen molar-refractivity contribution in [1.82, 2.24) is 39.6 Å². The maximum absolute atomic E-state index is 13.0. The van der Waals surface area contributed by atoms with Gasteiger partial charge in [-0.15, -0.1) is 12.4 Å². The summed E-state index contributed by atoms with van der Waals surface area (Å²) in [7, 11) is 1.56. The molecule has 248 valence electrons. The summed E-state index contributed by atoms with van der Waals surface area (Å²) in [4.78, 5) is 31.7. The summed E-state index contributed by atoms with van der Waals surface area (Å²) in [6.45, 7) is 3.60. The lowest BCUT2D eigenvalue weighted by atomic mass is 10.1. The molecular formula is C27H54ClN11O4. The number of piperidine rings is 2. The summed E-state index contributed by atoms with van der Waals surface area (Å²) in [6, 6.07) is 9.39. The van der Waals surface area contributed by atoms with Gasteiger partial charge in [-0.25, -0.2) is 0 Å². The first-order chi connectivity index (χ1) is 18.5. The number of rotatable bonds is 7. The van der Waals surface area contributed by atoms with E-state index in [0.717, 1.165) is 51.9 Å². The number of anilines is 5. The van der Waals surface area contributed by atoms with Crippen LogP contribution in [0.15, 0.2) is 36.4 Å². The van der Waals surface area contributed by atoms with Gasteiger partial charge in [-0.2, -0.15) is 15.0 Å². The van der Waals surface area contributed by atoms with E-state index in [1.807, 2.05) is 0 Å². The van der Waals surface area contributed by atoms with E-state index in [9.17, 15) is 15.0 Å². The summed E-state index contributed by atoms with van der Waals surface area (Å²) in [5.41, 5.74) is 0.891. The Morgan fingerprint density at radius 1 is 0.814 bits per heavy atom. The van der Waals surface area contributed by atoms with Gasteiger partial charge in [0, 0.05) is 38.0 Å². The van der Waals surface area contributed by atoms with Crippen LogP contribution >= 0.6 is 12.4 Å². The van der Waals surface area contributed by atoms with Crippen molar-refractivity contribution in [2.24, 2.45) is 0 Å². The number of aromatic nitrogens is 3. The van der Waals surface area contributed by atoms with Crippen LogP contribution in [0, 0.1) is 0 Å². The predicted octanol–water partition coefficient (Wildman–Crippen LogP) is 6.32. The van der Waals surface area contributed by atoms with Crippen molar-refractivity contribution < 1.29 is 25.5 Å². The Morgan fingerprint density at radius 3 is 1.91 bits per heavy atom. The molecule has 0 unspecified atom stereocenters. The zero-order valence-electron chi connectivity index (χ0n) is 24.7. The molecule has 0 saturated carbocycles. The van der Waals surface area contributed by atoms with E-state index >= 15 is 0 Å². The number of nitrogens with zero attached hydrogens (tertiary/aromatic N) is 5. The normalized spacial score (nSPS) is 13.9. The number of benzene rings is 2. The van der Waals surface area contributed by atoms with Gasteiger partial charge in [0.1, 0.15) is 5.75 Å². The minimum atomic E-state index is -0.578. The van der Waals surface area contributed by atoms with Crippen molar-refractivity contribution in [1.29, 1.82) is 0 Å². The van der Waals surface area contributed by atoms with Gasteiger partial charge in [-0.3, -0.25) is 4.79 Å². The van der Waals surface area contributed by atoms with E-state index in [1.54, 1.807) is 25.3 Å². The van der Waals surface area contributed by atoms with Gasteiger partial charge in [-0.1, -0.05) is 6.07 Å². The lowest BCUT2D eigenvalue weighted by Crippen LogP contribution is -2.34. The van der Waals surface area contributed by atoms with Crippen molar-refractivity contribution in [3.63, 3.8) is 0 Å². The number of halogens is 1. The molecule has 0 atom stereocenters. The maximum Gasteiger partial charge on any atom is 0.259 e. The second-order valence-electron chi connectivity index (χ2n) is 9.52. The van der Waals surface area contributed by atoms with Crippen LogP contribution in [0.2, 0.25) is 0 Å². The van der Waals surface area contributed by atoms with Crippen LogP contribution in [-0.2, 0) is 0 Å². The molecule has 0 radical (unpaired) electrons. The molecule has 43 heavy (non-hydrogen) atoms. The van der Waals surface area contributed by atoms with Crippen molar-refractivity contribution in [3.8, 4) is 17.2 Å². The van der Waals surface area contributed by atoms with Crippen molar-refractivity contribution in [2.75, 3.05) is 53.7 Å². The molecule has 5 rings (SSSR count). The third kappa shape index (κ3) is 9.17. The third-order valence-corrected chi connectivity index (χ3v) is 6.87. The van der Waals surface area contributed by atoms with Gasteiger partial charge in [0.15, 0.2) is 11.5 Å². The molecule has 2 saturated heterocycles. The number of ether oxygens (including phenoxy) is 1. The molecule has 0 aliphatic carbocycles. The first-order valence-corrected chi connectivity index (χ1v) is 13.0. The van der Waals surface area contributed by atoms with Gasteiger partial charge in [0.25, 0.3) is 5.91 Å². The number of para-hydroxylation sites is 1. The molecule has 3 heterocycles. The topological polar surface area (TPSA) is 276 Å². The number of hydrogen-bond acceptors (Lipinski definition) is 14. The van der Waals surface area contributed by atoms with E-state index in [0.29, 0.717) is 35.0 Å². The van der Waals surface area contributed by atoms with Crippen molar-refractivity contribution in [3.05, 3.63) is 42.0 Å². The van der Waals surface area contributed by atoms with Gasteiger partial charge in [-0.05, 0) is 62.8 Å². The number of methoxy groups -OCH3 is 1. The summed E-state index contributed by atoms with van der Waals surface area (Å²) in [5.74, 6) is 0.791. The number of hydrogen-bond donors (Lipinski definition) is 8. The second-order valence-corrected chi connectivity index (χ2v) is 9.52. The first-order valence-electron chi connectivity index (χ1n) is 13.0. The fourth-order valence-corrected chi connectivity index (χ4v) is 4.77. The lowest BCUT2D eigenvalue weighted by molar-refractivity contribution is 0.102. The predicted molar refractivity (Wildman–Crippen MR) is 182 cm³/mol. The SMILES string of the molecule is COc1ccc(NC(=O)c2cccc(O)c2O)c(Nc2nc(N3CCCCC3)nc(N3CCCCC3)n2)c1.Cl.N.N.N.N.[HH].[HH].[HH].[HH]. The summed E-state index contributed by atoms with van der Waals surface area (Å²) < 4.78 is 5.41. The maximum atomic E-state index is 13.0. The van der Waals surface area contributed by atoms with E-state index in [-0.39, 0.29) is 54.0 Å². The lowest BCUT2D eigenvalue weighted by Gasteiger charge is -2.30. The number of aromatic hydroxyl groups is 2. The third-order valence-electron chi connectivity index (χ3n) is 6.87. The van der Waals surface area contributed by atoms with Crippen LogP contribution in [0.1, 0.15) is 54.6 Å². The summed E-state index contributed by atoms with van der Waals surface area (Å²) >= 11 is 0. The first kappa shape index (κ1) is 38.9. The largest absolute Gasteiger partial charge is 0.504 e. The molecular weight excluding hydrogens is 578 g/mol. The molecule has 16 heteroatoms. The van der Waals surface area contributed by atoms with Crippen LogP contribution in [0.5, 0.6) is 17.2 Å². The number of phenolic OH excluding ortho intramolecular Hbond substituents is 2. The van der Waals surface area contributed by atoms with E-state index < -0.39 is 11.7 Å². The highest BCUT2D eigenvalue weighted by Crippen LogP contribution is 2.33. The van der Waals surface area contributed by atoms with Crippen molar-refractivity contribution >= 4 is 47.5 Å². The van der Waals surface area contributed by atoms with Crippen LogP contribution in [-0.4, -0.2) is 64.4 Å². The number of phenols is 2. The highest BCUT2D eigenvalue weighted by Gasteiger charge is 2.22. The Kier molecular flexibility index (Phi) is 16.0. The van der Waals surface area contributed by atoms with E-state index in [4.69, 9.17) is 19.7 Å². The minimum Gasteiger partial charge on any atom is -0.504 e. The van der Waals surface area contributed by atoms with Gasteiger partial charge in [0.05, 0.1) is 24.0 Å². The minimum absolute atomic E-state index is 0. The standard InChI is InChI=1S/C27H33N7O4.ClH.4H3N.4H2/c1-38-18-11-12-20(28-24(37)19-9-8-10-22(35)23(19)36)21(17-18)29-25-30-26(33-13-4-2-5-14-33)32-27(31-25)34-15-6-3-7-16-34;;;;;;;;;/h8-12,17,35-36H,2-7,13-16H2,1H3,(H,28,37)(H,29,30,31,32);1H;4*1H3;4*1H. The molecule has 2 aromatic carbocycles. The zero-order chi connectivity index (χ0) is 26.5. The summed E-state index contributed by atoms with van der Waals surface area (Å²) in [5, 5.41) is 26.0. The Morgan fingerprint density at radius 2 is 1.37 bits per heavy atom. The van der Waals surface area contributed by atoms with Crippen LogP contribution in [0.25, 0.3) is 0 Å². The molecule has 2 aliphatic rings. The fraction of sp³-hybridized carbons (Fsp3) is 0.407. The Balaban J connectivity index is -0.000000653. The Hall–Kier alpha value is -4.15. The van der Waals surface area contributed by atoms with Crippen LogP contribution in [0.3, 0.4) is 0 Å². The van der Waals surface area contributed by atoms with Gasteiger partial charge < -0.3 is 60.0 Å². The average Bonchev–Trinajstić information content (AvgIpc) is 2.96. The van der Waals surface area contributed by atoms with Crippen LogP contribution in [0.4, 0.5) is 29.2 Å². The molecule has 15 nitrogen and oxygen atoms in total. The Labute approximate surface area is 264 Å². The average molecular weight is 632 g/mol. The number of carbonyl (C=O) groups excluding carboxylic acids is 1. The number of nitrogens with one attached hydrogen (secondary N) is 2.